The largest absolute Gasteiger partial charge is 0.311 e. The van der Waals surface area contributed by atoms with Crippen LogP contribution >= 0.6 is 0 Å². The van der Waals surface area contributed by atoms with Gasteiger partial charge >= 0.3 is 0 Å². The van der Waals surface area contributed by atoms with Crippen molar-refractivity contribution in [2.45, 2.75) is 58.2 Å². The normalized spacial score (nSPS) is 22.9. The fourth-order valence-electron chi connectivity index (χ4n) is 3.28. The molecule has 1 heterocycles. The van der Waals surface area contributed by atoms with Gasteiger partial charge in [-0.25, -0.2) is 4.39 Å². The molecule has 0 aliphatic carbocycles. The Balaban J connectivity index is 2.18. The summed E-state index contributed by atoms with van der Waals surface area (Å²) in [5.74, 6) is -0.136. The van der Waals surface area contributed by atoms with Gasteiger partial charge in [0.15, 0.2) is 0 Å². The third kappa shape index (κ3) is 3.21. The van der Waals surface area contributed by atoms with Crippen molar-refractivity contribution in [3.8, 4) is 0 Å². The molecular weight excluding hydrogens is 251 g/mol. The van der Waals surface area contributed by atoms with E-state index in [1.54, 1.807) is 6.07 Å². The van der Waals surface area contributed by atoms with Crippen LogP contribution in [0.1, 0.15) is 45.6 Å². The van der Waals surface area contributed by atoms with E-state index in [9.17, 15) is 4.39 Å². The van der Waals surface area contributed by atoms with Gasteiger partial charge in [0.1, 0.15) is 5.82 Å². The number of nitrogens with one attached hydrogen (secondary N) is 1. The minimum atomic E-state index is -0.136. The van der Waals surface area contributed by atoms with E-state index in [1.165, 1.54) is 6.07 Å². The molecule has 112 valence electrons. The first-order valence-corrected chi connectivity index (χ1v) is 7.86. The van der Waals surface area contributed by atoms with E-state index >= 15 is 0 Å². The second-order valence-corrected chi connectivity index (χ2v) is 5.93. The average Bonchev–Trinajstić information content (AvgIpc) is 2.47. The Morgan fingerprint density at radius 1 is 1.30 bits per heavy atom. The Morgan fingerprint density at radius 2 is 2.05 bits per heavy atom. The second kappa shape index (κ2) is 6.68. The van der Waals surface area contributed by atoms with Crippen molar-refractivity contribution in [2.24, 2.45) is 0 Å². The van der Waals surface area contributed by atoms with Gasteiger partial charge in [0.05, 0.1) is 0 Å². The van der Waals surface area contributed by atoms with Gasteiger partial charge in [-0.15, -0.1) is 0 Å². The van der Waals surface area contributed by atoms with Crippen LogP contribution in [0.25, 0.3) is 0 Å². The van der Waals surface area contributed by atoms with E-state index in [0.717, 1.165) is 44.5 Å². The lowest BCUT2D eigenvalue weighted by Crippen LogP contribution is -2.63. The van der Waals surface area contributed by atoms with E-state index in [4.69, 9.17) is 0 Å². The van der Waals surface area contributed by atoms with Crippen molar-refractivity contribution >= 4 is 0 Å². The number of halogens is 1. The highest BCUT2D eigenvalue weighted by Crippen LogP contribution is 2.29. The Hall–Kier alpha value is -0.930. The molecule has 1 fully saturated rings. The highest BCUT2D eigenvalue weighted by molar-refractivity contribution is 5.17. The average molecular weight is 278 g/mol. The van der Waals surface area contributed by atoms with Crippen molar-refractivity contribution < 1.29 is 4.39 Å². The summed E-state index contributed by atoms with van der Waals surface area (Å²) in [6, 6.07) is 7.57. The molecule has 1 aromatic carbocycles. The van der Waals surface area contributed by atoms with E-state index < -0.39 is 0 Å². The first-order chi connectivity index (χ1) is 9.63. The summed E-state index contributed by atoms with van der Waals surface area (Å²) in [5.41, 5.74) is 1.28. The van der Waals surface area contributed by atoms with Crippen molar-refractivity contribution in [1.82, 2.24) is 10.2 Å². The third-order valence-corrected chi connectivity index (χ3v) is 4.90. The minimum absolute atomic E-state index is 0.136. The molecule has 1 aliphatic heterocycles. The monoisotopic (exact) mass is 278 g/mol. The van der Waals surface area contributed by atoms with Crippen LogP contribution in [0.4, 0.5) is 4.39 Å². The zero-order valence-corrected chi connectivity index (χ0v) is 13.0. The smallest absolute Gasteiger partial charge is 0.123 e. The SMILES string of the molecule is CCC1CN(Cc2cccc(F)c2)C(CC)(CC)CN1. The maximum Gasteiger partial charge on any atom is 0.123 e. The lowest BCUT2D eigenvalue weighted by Gasteiger charge is -2.49. The van der Waals surface area contributed by atoms with Gasteiger partial charge in [-0.3, -0.25) is 4.90 Å². The molecule has 1 saturated heterocycles. The summed E-state index contributed by atoms with van der Waals surface area (Å²) in [7, 11) is 0. The van der Waals surface area contributed by atoms with Crippen LogP contribution in [0.2, 0.25) is 0 Å². The minimum Gasteiger partial charge on any atom is -0.311 e. The van der Waals surface area contributed by atoms with Crippen LogP contribution in [-0.4, -0.2) is 29.6 Å². The van der Waals surface area contributed by atoms with Crippen LogP contribution in [0.15, 0.2) is 24.3 Å². The number of piperazine rings is 1. The van der Waals surface area contributed by atoms with Gasteiger partial charge in [0.25, 0.3) is 0 Å². The fraction of sp³-hybridized carbons (Fsp3) is 0.647. The van der Waals surface area contributed by atoms with Crippen molar-refractivity contribution in [3.63, 3.8) is 0 Å². The van der Waals surface area contributed by atoms with Crippen LogP contribution in [0.5, 0.6) is 0 Å². The Kier molecular flexibility index (Phi) is 5.17. The molecule has 0 radical (unpaired) electrons. The zero-order chi connectivity index (χ0) is 14.6. The van der Waals surface area contributed by atoms with E-state index in [1.807, 2.05) is 12.1 Å². The lowest BCUT2D eigenvalue weighted by atomic mass is 9.86. The molecule has 20 heavy (non-hydrogen) atoms. The summed E-state index contributed by atoms with van der Waals surface area (Å²) in [5, 5.41) is 3.67. The summed E-state index contributed by atoms with van der Waals surface area (Å²) < 4.78 is 13.4. The molecule has 1 aromatic rings. The summed E-state index contributed by atoms with van der Waals surface area (Å²) in [6.07, 6.45) is 3.40. The van der Waals surface area contributed by atoms with Crippen molar-refractivity contribution in [1.29, 1.82) is 0 Å². The topological polar surface area (TPSA) is 15.3 Å². The highest BCUT2D eigenvalue weighted by Gasteiger charge is 2.38. The van der Waals surface area contributed by atoms with Crippen molar-refractivity contribution in [2.75, 3.05) is 13.1 Å². The van der Waals surface area contributed by atoms with Gasteiger partial charge in [0, 0.05) is 31.2 Å². The van der Waals surface area contributed by atoms with Crippen molar-refractivity contribution in [3.05, 3.63) is 35.6 Å². The summed E-state index contributed by atoms with van der Waals surface area (Å²) in [4.78, 5) is 2.56. The molecule has 2 nitrogen and oxygen atoms in total. The van der Waals surface area contributed by atoms with Crippen LogP contribution in [0.3, 0.4) is 0 Å². The number of hydrogen-bond donors (Lipinski definition) is 1. The molecule has 0 amide bonds. The fourth-order valence-corrected chi connectivity index (χ4v) is 3.28. The van der Waals surface area contributed by atoms with Crippen LogP contribution in [-0.2, 0) is 6.54 Å². The number of benzene rings is 1. The first kappa shape index (κ1) is 15.5. The van der Waals surface area contributed by atoms with Gasteiger partial charge in [0.2, 0.25) is 0 Å². The third-order valence-electron chi connectivity index (χ3n) is 4.90. The molecule has 1 unspecified atom stereocenters. The predicted molar refractivity (Wildman–Crippen MR) is 82.2 cm³/mol. The molecule has 0 saturated carbocycles. The molecule has 1 aliphatic rings. The molecule has 1 atom stereocenters. The first-order valence-electron chi connectivity index (χ1n) is 7.86. The van der Waals surface area contributed by atoms with E-state index in [0.29, 0.717) is 6.04 Å². The van der Waals surface area contributed by atoms with Gasteiger partial charge in [-0.2, -0.15) is 0 Å². The zero-order valence-electron chi connectivity index (χ0n) is 13.0. The molecule has 2 rings (SSSR count). The maximum atomic E-state index is 13.4. The standard InChI is InChI=1S/C17H27FN2/c1-4-16-12-20(17(5-2,6-3)13-19-16)11-14-8-7-9-15(18)10-14/h7-10,16,19H,4-6,11-13H2,1-3H3. The number of nitrogens with zero attached hydrogens (tertiary/aromatic N) is 1. The van der Waals surface area contributed by atoms with Gasteiger partial charge < -0.3 is 5.32 Å². The van der Waals surface area contributed by atoms with Gasteiger partial charge in [-0.1, -0.05) is 32.9 Å². The quantitative estimate of drug-likeness (QED) is 0.886. The van der Waals surface area contributed by atoms with Gasteiger partial charge in [-0.05, 0) is 37.0 Å². The number of hydrogen-bond acceptors (Lipinski definition) is 2. The molecule has 3 heteroatoms. The Morgan fingerprint density at radius 3 is 2.65 bits per heavy atom. The van der Waals surface area contributed by atoms with Crippen LogP contribution < -0.4 is 5.32 Å². The Bertz CT molecular complexity index is 429. The predicted octanol–water partition coefficient (Wildman–Crippen LogP) is 3.57. The highest BCUT2D eigenvalue weighted by atomic mass is 19.1. The molecule has 0 aromatic heterocycles. The van der Waals surface area contributed by atoms with E-state index in [2.05, 4.69) is 31.0 Å². The second-order valence-electron chi connectivity index (χ2n) is 5.93. The molecule has 0 spiro atoms. The lowest BCUT2D eigenvalue weighted by molar-refractivity contribution is 0.0237. The number of rotatable bonds is 5. The molecule has 1 N–H and O–H groups in total. The van der Waals surface area contributed by atoms with Crippen LogP contribution in [0, 0.1) is 5.82 Å². The van der Waals surface area contributed by atoms with E-state index in [-0.39, 0.29) is 11.4 Å². The summed E-state index contributed by atoms with van der Waals surface area (Å²) >= 11 is 0. The maximum absolute atomic E-state index is 13.4. The molecular formula is C17H27FN2. The Labute approximate surface area is 122 Å². The molecule has 0 bridgehead atoms. The summed E-state index contributed by atoms with van der Waals surface area (Å²) in [6.45, 7) is 9.68.